The summed E-state index contributed by atoms with van der Waals surface area (Å²) in [5.41, 5.74) is 7.17. The van der Waals surface area contributed by atoms with E-state index in [-0.39, 0.29) is 0 Å². The average Bonchev–Trinajstić information content (AvgIpc) is 3.08. The van der Waals surface area contributed by atoms with Crippen molar-refractivity contribution in [3.05, 3.63) is 10.6 Å². The summed E-state index contributed by atoms with van der Waals surface area (Å²) < 4.78 is 0. The highest BCUT2D eigenvalue weighted by atomic mass is 32.1. The van der Waals surface area contributed by atoms with Crippen LogP contribution in [0.25, 0.3) is 0 Å². The normalized spacial score (nSPS) is 19.9. The summed E-state index contributed by atoms with van der Waals surface area (Å²) in [5.74, 6) is 1.62. The summed E-state index contributed by atoms with van der Waals surface area (Å²) in [6.07, 6.45) is 6.85. The van der Waals surface area contributed by atoms with Crippen LogP contribution in [0.5, 0.6) is 0 Å². The molecule has 0 bridgehead atoms. The number of thiazole rings is 1. The highest BCUT2D eigenvalue weighted by Crippen LogP contribution is 2.44. The van der Waals surface area contributed by atoms with Crippen LogP contribution in [0.3, 0.4) is 0 Å². The molecule has 2 aliphatic carbocycles. The maximum Gasteiger partial charge on any atom is 0.185 e. The topological polar surface area (TPSA) is 42.2 Å². The standard InChI is InChI=1S/C14H23N3S/c1-2-17(9-10-4-3-5-10)14-16-13(11-6-7-11)12(8-15)18-14/h10-11H,2-9,15H2,1H3. The molecule has 18 heavy (non-hydrogen) atoms. The Morgan fingerprint density at radius 1 is 1.33 bits per heavy atom. The number of hydrogen-bond donors (Lipinski definition) is 1. The van der Waals surface area contributed by atoms with E-state index in [4.69, 9.17) is 10.7 Å². The molecule has 0 unspecified atom stereocenters. The van der Waals surface area contributed by atoms with Crippen molar-refractivity contribution >= 4 is 16.5 Å². The first-order valence-electron chi connectivity index (χ1n) is 7.26. The molecule has 0 aliphatic heterocycles. The number of nitrogens with two attached hydrogens (primary N) is 1. The molecule has 2 saturated carbocycles. The van der Waals surface area contributed by atoms with Gasteiger partial charge in [0.25, 0.3) is 0 Å². The van der Waals surface area contributed by atoms with Gasteiger partial charge >= 0.3 is 0 Å². The Morgan fingerprint density at radius 3 is 2.61 bits per heavy atom. The molecular formula is C14H23N3S. The van der Waals surface area contributed by atoms with Crippen molar-refractivity contribution < 1.29 is 0 Å². The quantitative estimate of drug-likeness (QED) is 0.859. The van der Waals surface area contributed by atoms with E-state index in [0.29, 0.717) is 6.54 Å². The van der Waals surface area contributed by atoms with Crippen LogP contribution in [-0.4, -0.2) is 18.1 Å². The Morgan fingerprint density at radius 2 is 2.11 bits per heavy atom. The van der Waals surface area contributed by atoms with Gasteiger partial charge in [-0.1, -0.05) is 6.42 Å². The van der Waals surface area contributed by atoms with E-state index >= 15 is 0 Å². The lowest BCUT2D eigenvalue weighted by Crippen LogP contribution is -2.32. The summed E-state index contributed by atoms with van der Waals surface area (Å²) in [7, 11) is 0. The van der Waals surface area contributed by atoms with Crippen LogP contribution >= 0.6 is 11.3 Å². The maximum absolute atomic E-state index is 5.86. The fourth-order valence-corrected chi connectivity index (χ4v) is 3.73. The lowest BCUT2D eigenvalue weighted by molar-refractivity contribution is 0.318. The summed E-state index contributed by atoms with van der Waals surface area (Å²) in [4.78, 5) is 8.67. The van der Waals surface area contributed by atoms with Gasteiger partial charge in [0.1, 0.15) is 0 Å². The van der Waals surface area contributed by atoms with Gasteiger partial charge in [0.05, 0.1) is 5.69 Å². The number of rotatable bonds is 6. The molecule has 1 aromatic heterocycles. The second-order valence-electron chi connectivity index (χ2n) is 5.62. The van der Waals surface area contributed by atoms with Crippen LogP contribution in [-0.2, 0) is 6.54 Å². The number of hydrogen-bond acceptors (Lipinski definition) is 4. The fraction of sp³-hybridized carbons (Fsp3) is 0.786. The molecule has 0 spiro atoms. The highest BCUT2D eigenvalue weighted by molar-refractivity contribution is 7.15. The van der Waals surface area contributed by atoms with Gasteiger partial charge in [-0.25, -0.2) is 4.98 Å². The van der Waals surface area contributed by atoms with E-state index in [1.165, 1.54) is 54.4 Å². The minimum absolute atomic E-state index is 0.657. The number of aromatic nitrogens is 1. The molecule has 0 atom stereocenters. The van der Waals surface area contributed by atoms with E-state index in [9.17, 15) is 0 Å². The van der Waals surface area contributed by atoms with Gasteiger partial charge in [-0.15, -0.1) is 11.3 Å². The Balaban J connectivity index is 1.75. The number of anilines is 1. The van der Waals surface area contributed by atoms with Crippen molar-refractivity contribution in [2.45, 2.75) is 51.5 Å². The molecule has 100 valence electrons. The molecule has 0 saturated heterocycles. The Kier molecular flexibility index (Phi) is 3.57. The second kappa shape index (κ2) is 5.17. The van der Waals surface area contributed by atoms with Crippen LogP contribution in [0.2, 0.25) is 0 Å². The maximum atomic E-state index is 5.86. The van der Waals surface area contributed by atoms with Crippen LogP contribution in [0, 0.1) is 5.92 Å². The smallest absolute Gasteiger partial charge is 0.185 e. The third kappa shape index (κ3) is 2.41. The van der Waals surface area contributed by atoms with Gasteiger partial charge in [0, 0.05) is 30.4 Å². The SMILES string of the molecule is CCN(CC1CCC1)c1nc(C2CC2)c(CN)s1. The van der Waals surface area contributed by atoms with Crippen LogP contribution < -0.4 is 10.6 Å². The molecule has 0 radical (unpaired) electrons. The zero-order chi connectivity index (χ0) is 12.5. The summed E-state index contributed by atoms with van der Waals surface area (Å²) in [6, 6.07) is 0. The Labute approximate surface area is 113 Å². The first-order chi connectivity index (χ1) is 8.81. The Bertz CT molecular complexity index is 407. The highest BCUT2D eigenvalue weighted by Gasteiger charge is 2.30. The van der Waals surface area contributed by atoms with E-state index < -0.39 is 0 Å². The monoisotopic (exact) mass is 265 g/mol. The second-order valence-corrected chi connectivity index (χ2v) is 6.68. The summed E-state index contributed by atoms with van der Waals surface area (Å²) in [6.45, 7) is 5.15. The molecule has 3 rings (SSSR count). The first-order valence-corrected chi connectivity index (χ1v) is 8.08. The summed E-state index contributed by atoms with van der Waals surface area (Å²) in [5, 5.41) is 1.21. The zero-order valence-electron chi connectivity index (χ0n) is 11.2. The van der Waals surface area contributed by atoms with Crippen LogP contribution in [0.15, 0.2) is 0 Å². The van der Waals surface area contributed by atoms with E-state index in [1.54, 1.807) is 0 Å². The molecular weight excluding hydrogens is 242 g/mol. The van der Waals surface area contributed by atoms with Gasteiger partial charge in [-0.3, -0.25) is 0 Å². The third-order valence-electron chi connectivity index (χ3n) is 4.22. The van der Waals surface area contributed by atoms with E-state index in [0.717, 1.165) is 18.4 Å². The van der Waals surface area contributed by atoms with Crippen molar-refractivity contribution in [1.82, 2.24) is 4.98 Å². The largest absolute Gasteiger partial charge is 0.348 e. The molecule has 2 N–H and O–H groups in total. The molecule has 0 amide bonds. The van der Waals surface area contributed by atoms with Gasteiger partial charge in [0.15, 0.2) is 5.13 Å². The van der Waals surface area contributed by atoms with Gasteiger partial charge < -0.3 is 10.6 Å². The predicted molar refractivity (Wildman–Crippen MR) is 77.2 cm³/mol. The molecule has 3 nitrogen and oxygen atoms in total. The van der Waals surface area contributed by atoms with Crippen molar-refractivity contribution in [2.24, 2.45) is 11.7 Å². The fourth-order valence-electron chi connectivity index (χ4n) is 2.64. The van der Waals surface area contributed by atoms with Crippen molar-refractivity contribution in [3.8, 4) is 0 Å². The van der Waals surface area contributed by atoms with Crippen molar-refractivity contribution in [3.63, 3.8) is 0 Å². The number of nitrogens with zero attached hydrogens (tertiary/aromatic N) is 2. The van der Waals surface area contributed by atoms with Gasteiger partial charge in [-0.05, 0) is 38.5 Å². The molecule has 1 heterocycles. The zero-order valence-corrected chi connectivity index (χ0v) is 12.0. The van der Waals surface area contributed by atoms with E-state index in [1.807, 2.05) is 11.3 Å². The third-order valence-corrected chi connectivity index (χ3v) is 5.38. The van der Waals surface area contributed by atoms with Crippen molar-refractivity contribution in [1.29, 1.82) is 0 Å². The predicted octanol–water partition coefficient (Wildman–Crippen LogP) is 3.11. The average molecular weight is 265 g/mol. The lowest BCUT2D eigenvalue weighted by Gasteiger charge is -2.31. The lowest BCUT2D eigenvalue weighted by atomic mass is 9.85. The summed E-state index contributed by atoms with van der Waals surface area (Å²) >= 11 is 1.83. The molecule has 2 aliphatic rings. The molecule has 2 fully saturated rings. The van der Waals surface area contributed by atoms with Crippen LogP contribution in [0.1, 0.15) is 55.5 Å². The first kappa shape index (κ1) is 12.4. The van der Waals surface area contributed by atoms with Crippen molar-refractivity contribution in [2.75, 3.05) is 18.0 Å². The molecule has 0 aromatic carbocycles. The minimum Gasteiger partial charge on any atom is -0.348 e. The molecule has 1 aromatic rings. The minimum atomic E-state index is 0.657. The molecule has 4 heteroatoms. The van der Waals surface area contributed by atoms with E-state index in [2.05, 4.69) is 11.8 Å². The van der Waals surface area contributed by atoms with Gasteiger partial charge in [0.2, 0.25) is 0 Å². The Hall–Kier alpha value is -0.610. The van der Waals surface area contributed by atoms with Crippen LogP contribution in [0.4, 0.5) is 5.13 Å². The van der Waals surface area contributed by atoms with Gasteiger partial charge in [-0.2, -0.15) is 0 Å².